The number of nitrogens with zero attached hydrogens (tertiary/aromatic N) is 2. The van der Waals surface area contributed by atoms with Crippen molar-refractivity contribution in [2.24, 2.45) is 11.8 Å². The van der Waals surface area contributed by atoms with E-state index in [0.717, 1.165) is 18.7 Å². The Morgan fingerprint density at radius 1 is 1.28 bits per heavy atom. The number of fused-ring (bicyclic) bond motifs is 1. The Balaban J connectivity index is 1.42. The summed E-state index contributed by atoms with van der Waals surface area (Å²) in [4.78, 5) is 28.8. The van der Waals surface area contributed by atoms with Gasteiger partial charge in [-0.3, -0.25) is 9.59 Å². The number of halogens is 3. The average Bonchev–Trinajstić information content (AvgIpc) is 3.24. The third-order valence-electron chi connectivity index (χ3n) is 8.20. The number of piperidine rings is 1. The molecule has 3 aliphatic rings. The second kappa shape index (κ2) is 9.08. The summed E-state index contributed by atoms with van der Waals surface area (Å²) in [6.45, 7) is 6.81. The first-order valence-electron chi connectivity index (χ1n) is 12.5. The number of aromatic nitrogens is 1. The van der Waals surface area contributed by atoms with Gasteiger partial charge in [-0.05, 0) is 92.3 Å². The first-order valence-corrected chi connectivity index (χ1v) is 13.6. The topological polar surface area (TPSA) is 66.4 Å². The Morgan fingerprint density at radius 3 is 2.56 bits per heavy atom. The Hall–Kier alpha value is -2.01. The molecule has 0 bridgehead atoms. The van der Waals surface area contributed by atoms with Crippen LogP contribution in [0, 0.1) is 11.8 Å². The molecule has 6 nitrogen and oxygen atoms in total. The van der Waals surface area contributed by atoms with E-state index in [9.17, 15) is 18.4 Å². The van der Waals surface area contributed by atoms with Crippen LogP contribution in [0.3, 0.4) is 0 Å². The fraction of sp³-hybridized carbons (Fsp3) is 0.556. The minimum Gasteiger partial charge on any atom is -0.381 e. The molecule has 2 heterocycles. The first-order chi connectivity index (χ1) is 16.8. The van der Waals surface area contributed by atoms with Gasteiger partial charge in [0.15, 0.2) is 3.68 Å². The number of carbonyl (C=O) groups excluding carboxylic acids is 1. The lowest BCUT2D eigenvalue weighted by atomic mass is 9.77. The van der Waals surface area contributed by atoms with Crippen LogP contribution in [0.5, 0.6) is 0 Å². The van der Waals surface area contributed by atoms with Crippen LogP contribution in [0.2, 0.25) is 0 Å². The molecule has 194 valence electrons. The number of hydrogen-bond acceptors (Lipinski definition) is 4. The van der Waals surface area contributed by atoms with Crippen molar-refractivity contribution < 1.29 is 13.6 Å². The van der Waals surface area contributed by atoms with Gasteiger partial charge in [-0.1, -0.05) is 18.2 Å². The smallest absolute Gasteiger partial charge is 0.255 e. The number of benzene rings is 1. The Bertz CT molecular complexity index is 1230. The molecule has 1 saturated heterocycles. The molecule has 3 fully saturated rings. The molecule has 2 saturated carbocycles. The van der Waals surface area contributed by atoms with E-state index in [2.05, 4.69) is 22.6 Å². The van der Waals surface area contributed by atoms with Crippen LogP contribution < -0.4 is 16.2 Å². The lowest BCUT2D eigenvalue weighted by Crippen LogP contribution is -2.45. The van der Waals surface area contributed by atoms with Crippen LogP contribution in [-0.4, -0.2) is 47.2 Å². The number of alkyl halides is 3. The molecule has 2 N–H and O–H groups in total. The zero-order valence-corrected chi connectivity index (χ0v) is 23.2. The largest absolute Gasteiger partial charge is 0.381 e. The molecule has 4 unspecified atom stereocenters. The third-order valence-corrected chi connectivity index (χ3v) is 8.83. The van der Waals surface area contributed by atoms with Gasteiger partial charge in [0.1, 0.15) is 5.67 Å². The van der Waals surface area contributed by atoms with Crippen LogP contribution in [0.25, 0.3) is 0 Å². The van der Waals surface area contributed by atoms with Gasteiger partial charge in [0.2, 0.25) is 0 Å². The summed E-state index contributed by atoms with van der Waals surface area (Å²) < 4.78 is 29.2. The van der Waals surface area contributed by atoms with Crippen molar-refractivity contribution in [3.05, 3.63) is 63.6 Å². The van der Waals surface area contributed by atoms with Crippen LogP contribution in [0.15, 0.2) is 41.3 Å². The lowest BCUT2D eigenvalue weighted by molar-refractivity contribution is 0.00997. The van der Waals surface area contributed by atoms with Gasteiger partial charge in [-0.15, -0.1) is 0 Å². The summed E-state index contributed by atoms with van der Waals surface area (Å²) in [5.74, 6) is 0.641. The standard InChI is InChI=1S/C27H33F2IN4O2/c1-15(16-6-5-7-17(10-16)27(3,29)30)31-25(36)20-14-34(22-8-9-26(22,2)28)23(35)11-21(20)32-24-18-12-33(4)13-19(18)24/h5-7,10-11,14-15,18-19,22,24,32H,8-9,12-13H2,1-4H3,(H,31,36)/t15-,18?,19?,22-,24?,26?,27?/m1/s1. The van der Waals surface area contributed by atoms with Crippen LogP contribution >= 0.6 is 22.6 Å². The van der Waals surface area contributed by atoms with Gasteiger partial charge < -0.3 is 20.1 Å². The molecule has 2 aromatic rings. The van der Waals surface area contributed by atoms with Crippen LogP contribution in [-0.2, 0) is 3.68 Å². The van der Waals surface area contributed by atoms with Crippen molar-refractivity contribution in [2.45, 2.75) is 61.1 Å². The molecule has 0 spiro atoms. The molecular weight excluding hydrogens is 577 g/mol. The highest BCUT2D eigenvalue weighted by Gasteiger charge is 2.55. The fourth-order valence-electron chi connectivity index (χ4n) is 5.76. The quantitative estimate of drug-likeness (QED) is 0.344. The molecule has 6 atom stereocenters. The van der Waals surface area contributed by atoms with Crippen molar-refractivity contribution in [3.63, 3.8) is 0 Å². The summed E-state index contributed by atoms with van der Waals surface area (Å²) >= 11 is 1.75. The van der Waals surface area contributed by atoms with Crippen LogP contribution in [0.4, 0.5) is 14.5 Å². The molecule has 5 rings (SSSR count). The van der Waals surface area contributed by atoms with E-state index < -0.39 is 21.4 Å². The van der Waals surface area contributed by atoms with Crippen molar-refractivity contribution in [1.82, 2.24) is 14.8 Å². The number of hydrogen-bond donors (Lipinski definition) is 2. The number of rotatable bonds is 7. The second-order valence-corrected chi connectivity index (χ2v) is 13.1. The van der Waals surface area contributed by atoms with Crippen molar-refractivity contribution >= 4 is 34.2 Å². The summed E-state index contributed by atoms with van der Waals surface area (Å²) in [7, 11) is 2.09. The SMILES string of the molecule is C[C@@H](NC(=O)c1cn([C@@H]2CCC2(C)F)c(=O)cc1NC1C2CN(C)CC21)c1cccc(C(C)(F)I)c1. The highest BCUT2D eigenvalue weighted by molar-refractivity contribution is 14.1. The monoisotopic (exact) mass is 610 g/mol. The third kappa shape index (κ3) is 4.80. The lowest BCUT2D eigenvalue weighted by Gasteiger charge is -2.41. The van der Waals surface area contributed by atoms with E-state index in [4.69, 9.17) is 0 Å². The van der Waals surface area contributed by atoms with Gasteiger partial charge in [-0.25, -0.2) is 8.78 Å². The normalized spacial score (nSPS) is 31.6. The minimum atomic E-state index is -1.53. The highest BCUT2D eigenvalue weighted by atomic mass is 127. The Labute approximate surface area is 224 Å². The maximum Gasteiger partial charge on any atom is 0.255 e. The highest BCUT2D eigenvalue weighted by Crippen LogP contribution is 2.47. The molecular formula is C27H33F2IN4O2. The summed E-state index contributed by atoms with van der Waals surface area (Å²) in [5.41, 5.74) is 0.324. The molecule has 1 aliphatic heterocycles. The van der Waals surface area contributed by atoms with Gasteiger partial charge in [0.05, 0.1) is 23.3 Å². The van der Waals surface area contributed by atoms with E-state index in [0.29, 0.717) is 41.5 Å². The number of amides is 1. The number of pyridine rings is 1. The Kier molecular flexibility index (Phi) is 6.46. The molecule has 36 heavy (non-hydrogen) atoms. The molecule has 0 radical (unpaired) electrons. The first kappa shape index (κ1) is 25.6. The molecule has 9 heteroatoms. The number of carbonyl (C=O) groups is 1. The van der Waals surface area contributed by atoms with E-state index in [-0.39, 0.29) is 17.5 Å². The van der Waals surface area contributed by atoms with Gasteiger partial charge in [-0.2, -0.15) is 0 Å². The molecule has 2 aliphatic carbocycles. The minimum absolute atomic E-state index is 0.220. The van der Waals surface area contributed by atoms with E-state index in [1.165, 1.54) is 30.7 Å². The Morgan fingerprint density at radius 2 is 1.97 bits per heavy atom. The fourth-order valence-corrected chi connectivity index (χ4v) is 6.10. The number of likely N-dealkylation sites (tertiary alicyclic amines) is 1. The summed E-state index contributed by atoms with van der Waals surface area (Å²) in [6.07, 6.45) is 2.46. The second-order valence-electron chi connectivity index (χ2n) is 11.1. The predicted octanol–water partition coefficient (Wildman–Crippen LogP) is 4.95. The average molecular weight is 610 g/mol. The van der Waals surface area contributed by atoms with E-state index >= 15 is 0 Å². The summed E-state index contributed by atoms with van der Waals surface area (Å²) in [6, 6.07) is 7.78. The summed E-state index contributed by atoms with van der Waals surface area (Å²) in [5, 5.41) is 6.45. The molecule has 1 aromatic carbocycles. The van der Waals surface area contributed by atoms with Gasteiger partial charge in [0.25, 0.3) is 11.5 Å². The zero-order valence-electron chi connectivity index (χ0n) is 21.0. The van der Waals surface area contributed by atoms with Gasteiger partial charge in [0, 0.05) is 31.4 Å². The molecule has 1 amide bonds. The maximum absolute atomic E-state index is 14.8. The van der Waals surface area contributed by atoms with Crippen molar-refractivity contribution in [2.75, 3.05) is 25.5 Å². The van der Waals surface area contributed by atoms with E-state index in [1.54, 1.807) is 40.8 Å². The van der Waals surface area contributed by atoms with Crippen molar-refractivity contribution in [3.8, 4) is 0 Å². The van der Waals surface area contributed by atoms with Crippen molar-refractivity contribution in [1.29, 1.82) is 0 Å². The van der Waals surface area contributed by atoms with Crippen LogP contribution in [0.1, 0.15) is 67.2 Å². The predicted molar refractivity (Wildman–Crippen MR) is 145 cm³/mol. The van der Waals surface area contributed by atoms with Gasteiger partial charge >= 0.3 is 0 Å². The zero-order chi connectivity index (χ0) is 26.0. The number of anilines is 1. The molecule has 1 aromatic heterocycles. The van der Waals surface area contributed by atoms with E-state index in [1.807, 2.05) is 13.0 Å². The maximum atomic E-state index is 14.8. The number of nitrogens with one attached hydrogen (secondary N) is 2.